The van der Waals surface area contributed by atoms with E-state index in [9.17, 15) is 4.79 Å². The molecule has 0 atom stereocenters. The molecular weight excluding hydrogens is 536 g/mol. The summed E-state index contributed by atoms with van der Waals surface area (Å²) in [5.74, 6) is 2.31. The minimum absolute atomic E-state index is 0.235. The summed E-state index contributed by atoms with van der Waals surface area (Å²) in [5.41, 5.74) is 3.84. The fraction of sp³-hybridized carbons (Fsp3) is 0.219. The minimum Gasteiger partial charge on any atom is -0.494 e. The van der Waals surface area contributed by atoms with Crippen molar-refractivity contribution in [1.29, 1.82) is 0 Å². The van der Waals surface area contributed by atoms with E-state index in [4.69, 9.17) is 14.2 Å². The zero-order valence-corrected chi connectivity index (χ0v) is 24.3. The van der Waals surface area contributed by atoms with Crippen molar-refractivity contribution in [3.8, 4) is 28.4 Å². The maximum Gasteiger partial charge on any atom is 0.255 e. The maximum absolute atomic E-state index is 12.9. The number of hydrogen-bond donors (Lipinski definition) is 2. The third-order valence-corrected chi connectivity index (χ3v) is 7.35. The molecule has 9 heteroatoms. The Morgan fingerprint density at radius 2 is 1.49 bits per heavy atom. The van der Waals surface area contributed by atoms with Crippen LogP contribution in [0.4, 0.5) is 17.2 Å². The Hall–Kier alpha value is -4.63. The zero-order valence-electron chi connectivity index (χ0n) is 23.5. The first kappa shape index (κ1) is 27.9. The van der Waals surface area contributed by atoms with Gasteiger partial charge in [-0.15, -0.1) is 11.3 Å². The summed E-state index contributed by atoms with van der Waals surface area (Å²) in [6.07, 6.45) is 1.56. The Balaban J connectivity index is 1.56. The normalized spacial score (nSPS) is 10.8. The second-order valence-electron chi connectivity index (χ2n) is 9.05. The second kappa shape index (κ2) is 12.7. The molecule has 210 valence electrons. The van der Waals surface area contributed by atoms with E-state index in [-0.39, 0.29) is 5.91 Å². The average Bonchev–Trinajstić information content (AvgIpc) is 3.33. The molecule has 8 nitrogen and oxygen atoms in total. The molecule has 0 bridgehead atoms. The van der Waals surface area contributed by atoms with Gasteiger partial charge in [-0.1, -0.05) is 30.3 Å². The van der Waals surface area contributed by atoms with Crippen LogP contribution in [0, 0.1) is 6.92 Å². The zero-order chi connectivity index (χ0) is 28.8. The van der Waals surface area contributed by atoms with Gasteiger partial charge in [0.1, 0.15) is 34.2 Å². The van der Waals surface area contributed by atoms with Gasteiger partial charge >= 0.3 is 0 Å². The maximum atomic E-state index is 12.9. The summed E-state index contributed by atoms with van der Waals surface area (Å²) in [5, 5.41) is 7.37. The highest BCUT2D eigenvalue weighted by molar-refractivity contribution is 7.19. The molecule has 0 unspecified atom stereocenters. The lowest BCUT2D eigenvalue weighted by atomic mass is 10.0. The Labute approximate surface area is 243 Å². The van der Waals surface area contributed by atoms with Crippen LogP contribution < -0.4 is 24.8 Å². The largest absolute Gasteiger partial charge is 0.494 e. The van der Waals surface area contributed by atoms with Crippen molar-refractivity contribution in [2.24, 2.45) is 0 Å². The number of nitrogens with one attached hydrogen (secondary N) is 2. The molecular formula is C32H32N4O4S. The predicted octanol–water partition coefficient (Wildman–Crippen LogP) is 7.86. The summed E-state index contributed by atoms with van der Waals surface area (Å²) >= 11 is 1.62. The van der Waals surface area contributed by atoms with E-state index in [1.807, 2.05) is 57.2 Å². The van der Waals surface area contributed by atoms with Crippen molar-refractivity contribution >= 4 is 44.7 Å². The van der Waals surface area contributed by atoms with Crippen molar-refractivity contribution in [3.05, 3.63) is 83.5 Å². The number of aromatic nitrogens is 2. The van der Waals surface area contributed by atoms with Gasteiger partial charge in [0.05, 0.1) is 36.6 Å². The molecule has 0 saturated heterocycles. The van der Waals surface area contributed by atoms with Crippen LogP contribution >= 0.6 is 11.3 Å². The van der Waals surface area contributed by atoms with Crippen LogP contribution in [0.1, 0.15) is 36.0 Å². The van der Waals surface area contributed by atoms with Crippen LogP contribution in [0.3, 0.4) is 0 Å². The Morgan fingerprint density at radius 3 is 2.17 bits per heavy atom. The molecule has 2 heterocycles. The van der Waals surface area contributed by atoms with E-state index < -0.39 is 0 Å². The third-order valence-electron chi connectivity index (χ3n) is 6.34. The fourth-order valence-electron chi connectivity index (χ4n) is 4.59. The predicted molar refractivity (Wildman–Crippen MR) is 165 cm³/mol. The van der Waals surface area contributed by atoms with Gasteiger partial charge in [0.25, 0.3) is 5.91 Å². The van der Waals surface area contributed by atoms with E-state index >= 15 is 0 Å². The molecule has 0 spiro atoms. The summed E-state index contributed by atoms with van der Waals surface area (Å²) in [4.78, 5) is 24.1. The summed E-state index contributed by atoms with van der Waals surface area (Å²) in [6.45, 7) is 9.34. The molecule has 0 radical (unpaired) electrons. The molecule has 5 aromatic rings. The Kier molecular flexibility index (Phi) is 8.64. The highest BCUT2D eigenvalue weighted by Gasteiger charge is 2.20. The number of ether oxygens (including phenoxy) is 3. The first-order chi connectivity index (χ1) is 20.0. The standard InChI is InChI=1S/C32H32N4O4S/c1-5-38-23-15-13-21(14-16-23)28-20(4)41-32-29(28)30(33-19-34-32)35-24-17-27(40-7-3)25(18-26(24)39-6-2)36-31(37)22-11-9-8-10-12-22/h8-19H,5-7H2,1-4H3,(H,36,37)(H,33,34,35). The lowest BCUT2D eigenvalue weighted by Crippen LogP contribution is -2.13. The lowest BCUT2D eigenvalue weighted by Gasteiger charge is -2.18. The van der Waals surface area contributed by atoms with Gasteiger partial charge in [-0.05, 0) is 57.5 Å². The van der Waals surface area contributed by atoms with Crippen LogP contribution in [-0.2, 0) is 0 Å². The lowest BCUT2D eigenvalue weighted by molar-refractivity contribution is 0.102. The van der Waals surface area contributed by atoms with Crippen molar-refractivity contribution in [1.82, 2.24) is 9.97 Å². The number of carbonyl (C=O) groups is 1. The molecule has 2 aromatic heterocycles. The summed E-state index contributed by atoms with van der Waals surface area (Å²) in [7, 11) is 0. The molecule has 0 aliphatic carbocycles. The van der Waals surface area contributed by atoms with Crippen molar-refractivity contribution < 1.29 is 19.0 Å². The molecule has 0 fully saturated rings. The molecule has 3 aromatic carbocycles. The number of carbonyl (C=O) groups excluding carboxylic acids is 1. The van der Waals surface area contributed by atoms with E-state index in [0.717, 1.165) is 32.0 Å². The van der Waals surface area contributed by atoms with E-state index in [1.54, 1.807) is 35.9 Å². The van der Waals surface area contributed by atoms with Gasteiger partial charge < -0.3 is 24.8 Å². The topological polar surface area (TPSA) is 94.6 Å². The number of amides is 1. The second-order valence-corrected chi connectivity index (χ2v) is 10.3. The summed E-state index contributed by atoms with van der Waals surface area (Å²) in [6, 6.07) is 20.7. The molecule has 0 aliphatic heterocycles. The third kappa shape index (κ3) is 6.10. The molecule has 41 heavy (non-hydrogen) atoms. The van der Waals surface area contributed by atoms with Crippen molar-refractivity contribution in [3.63, 3.8) is 0 Å². The highest BCUT2D eigenvalue weighted by atomic mass is 32.1. The monoisotopic (exact) mass is 568 g/mol. The first-order valence-electron chi connectivity index (χ1n) is 13.6. The number of fused-ring (bicyclic) bond motifs is 1. The quantitative estimate of drug-likeness (QED) is 0.167. The molecule has 0 saturated carbocycles. The van der Waals surface area contributed by atoms with Gasteiger partial charge in [0.2, 0.25) is 0 Å². The fourth-order valence-corrected chi connectivity index (χ4v) is 5.60. The van der Waals surface area contributed by atoms with Crippen molar-refractivity contribution in [2.75, 3.05) is 30.5 Å². The number of rotatable bonds is 11. The highest BCUT2D eigenvalue weighted by Crippen LogP contribution is 2.44. The van der Waals surface area contributed by atoms with Gasteiger partial charge in [-0.25, -0.2) is 9.97 Å². The number of benzene rings is 3. The van der Waals surface area contributed by atoms with Gasteiger partial charge in [-0.3, -0.25) is 4.79 Å². The average molecular weight is 569 g/mol. The van der Waals surface area contributed by atoms with Crippen LogP contribution in [-0.4, -0.2) is 35.7 Å². The SMILES string of the molecule is CCOc1ccc(-c2c(C)sc3ncnc(Nc4cc(OCC)c(NC(=O)c5ccccc5)cc4OCC)c23)cc1. The molecule has 5 rings (SSSR count). The summed E-state index contributed by atoms with van der Waals surface area (Å²) < 4.78 is 17.6. The first-order valence-corrected chi connectivity index (χ1v) is 14.4. The van der Waals surface area contributed by atoms with Gasteiger partial charge in [0, 0.05) is 28.1 Å². The molecule has 2 N–H and O–H groups in total. The van der Waals surface area contributed by atoms with Crippen LogP contribution in [0.15, 0.2) is 73.1 Å². The van der Waals surface area contributed by atoms with Gasteiger partial charge in [-0.2, -0.15) is 0 Å². The number of thiophene rings is 1. The molecule has 1 amide bonds. The van der Waals surface area contributed by atoms with Crippen LogP contribution in [0.25, 0.3) is 21.3 Å². The van der Waals surface area contributed by atoms with E-state index in [0.29, 0.717) is 54.1 Å². The van der Waals surface area contributed by atoms with Gasteiger partial charge in [0.15, 0.2) is 0 Å². The Morgan fingerprint density at radius 1 is 0.829 bits per heavy atom. The van der Waals surface area contributed by atoms with E-state index in [1.165, 1.54) is 0 Å². The number of anilines is 3. The van der Waals surface area contributed by atoms with E-state index in [2.05, 4.69) is 39.7 Å². The molecule has 0 aliphatic rings. The Bertz CT molecular complexity index is 1650. The smallest absolute Gasteiger partial charge is 0.255 e. The van der Waals surface area contributed by atoms with Crippen LogP contribution in [0.2, 0.25) is 0 Å². The van der Waals surface area contributed by atoms with Crippen molar-refractivity contribution in [2.45, 2.75) is 27.7 Å². The number of nitrogens with zero attached hydrogens (tertiary/aromatic N) is 2. The van der Waals surface area contributed by atoms with Crippen LogP contribution in [0.5, 0.6) is 17.2 Å². The minimum atomic E-state index is -0.235. The number of hydrogen-bond acceptors (Lipinski definition) is 8. The number of aryl methyl sites for hydroxylation is 1.